The van der Waals surface area contributed by atoms with Crippen LogP contribution in [0.1, 0.15) is 45.6 Å². The van der Waals surface area contributed by atoms with Gasteiger partial charge in [-0.15, -0.1) is 0 Å². The molecule has 1 aromatic rings. The molecule has 2 aliphatic rings. The maximum Gasteiger partial charge on any atom is 0.119 e. The lowest BCUT2D eigenvalue weighted by atomic mass is 9.70. The molecule has 3 unspecified atom stereocenters. The predicted molar refractivity (Wildman–Crippen MR) is 74.8 cm³/mol. The standard InChI is InChI=1S/C17H21NO/c1-16(2)13-8-9-17(16,3)15(10-13)19-14-6-4-12(11-18)5-7-14/h4-7,13,15H,8-10H2,1-3H3. The van der Waals surface area contributed by atoms with E-state index in [1.165, 1.54) is 19.3 Å². The van der Waals surface area contributed by atoms with E-state index in [0.29, 0.717) is 17.1 Å². The Bertz CT molecular complexity index is 525. The van der Waals surface area contributed by atoms with Crippen LogP contribution in [0.2, 0.25) is 0 Å². The molecule has 2 nitrogen and oxygen atoms in total. The van der Waals surface area contributed by atoms with Crippen LogP contribution >= 0.6 is 0 Å². The van der Waals surface area contributed by atoms with Crippen LogP contribution < -0.4 is 4.74 Å². The second-order valence-corrected chi connectivity index (χ2v) is 6.85. The third-order valence-electron chi connectivity index (χ3n) is 5.98. The third kappa shape index (κ3) is 1.68. The van der Waals surface area contributed by atoms with E-state index in [0.717, 1.165) is 11.7 Å². The van der Waals surface area contributed by atoms with Crippen molar-refractivity contribution >= 4 is 0 Å². The summed E-state index contributed by atoms with van der Waals surface area (Å²) in [5, 5.41) is 8.82. The summed E-state index contributed by atoms with van der Waals surface area (Å²) in [5.74, 6) is 1.69. The van der Waals surface area contributed by atoms with Gasteiger partial charge < -0.3 is 4.74 Å². The predicted octanol–water partition coefficient (Wildman–Crippen LogP) is 4.15. The van der Waals surface area contributed by atoms with Gasteiger partial charge in [-0.1, -0.05) is 20.8 Å². The average Bonchev–Trinajstić information content (AvgIpc) is 2.73. The van der Waals surface area contributed by atoms with Gasteiger partial charge in [0.2, 0.25) is 0 Å². The summed E-state index contributed by atoms with van der Waals surface area (Å²) in [6.45, 7) is 7.17. The second kappa shape index (κ2) is 4.00. The first kappa shape index (κ1) is 12.5. The molecule has 0 aliphatic heterocycles. The van der Waals surface area contributed by atoms with E-state index in [4.69, 9.17) is 10.00 Å². The molecule has 0 heterocycles. The first-order chi connectivity index (χ1) is 8.97. The first-order valence-corrected chi connectivity index (χ1v) is 7.14. The highest BCUT2D eigenvalue weighted by Gasteiger charge is 2.62. The van der Waals surface area contributed by atoms with Crippen molar-refractivity contribution in [3.05, 3.63) is 29.8 Å². The number of ether oxygens (including phenoxy) is 1. The Kier molecular flexibility index (Phi) is 2.64. The van der Waals surface area contributed by atoms with Gasteiger partial charge in [0.05, 0.1) is 11.6 Å². The largest absolute Gasteiger partial charge is 0.490 e. The number of hydrogen-bond donors (Lipinski definition) is 0. The molecule has 2 aliphatic carbocycles. The Labute approximate surface area is 115 Å². The van der Waals surface area contributed by atoms with Gasteiger partial charge in [-0.2, -0.15) is 5.26 Å². The monoisotopic (exact) mass is 255 g/mol. The smallest absolute Gasteiger partial charge is 0.119 e. The topological polar surface area (TPSA) is 33.0 Å². The molecule has 0 spiro atoms. The number of nitriles is 1. The average molecular weight is 255 g/mol. The number of hydrogen-bond acceptors (Lipinski definition) is 2. The van der Waals surface area contributed by atoms with Crippen molar-refractivity contribution in [3.63, 3.8) is 0 Å². The van der Waals surface area contributed by atoms with E-state index >= 15 is 0 Å². The molecule has 3 rings (SSSR count). The highest BCUT2D eigenvalue weighted by molar-refractivity contribution is 5.35. The number of benzene rings is 1. The fourth-order valence-electron chi connectivity index (χ4n) is 4.08. The van der Waals surface area contributed by atoms with Crippen molar-refractivity contribution in [2.45, 2.75) is 46.1 Å². The summed E-state index contributed by atoms with van der Waals surface area (Å²) >= 11 is 0. The van der Waals surface area contributed by atoms with Crippen molar-refractivity contribution in [2.24, 2.45) is 16.7 Å². The van der Waals surface area contributed by atoms with Gasteiger partial charge in [0.1, 0.15) is 11.9 Å². The lowest BCUT2D eigenvalue weighted by Crippen LogP contribution is -2.38. The Hall–Kier alpha value is -1.49. The van der Waals surface area contributed by atoms with Crippen molar-refractivity contribution in [2.75, 3.05) is 0 Å². The fraction of sp³-hybridized carbons (Fsp3) is 0.588. The molecule has 2 fully saturated rings. The molecule has 2 bridgehead atoms. The summed E-state index contributed by atoms with van der Waals surface area (Å²) in [6.07, 6.45) is 4.10. The summed E-state index contributed by atoms with van der Waals surface area (Å²) in [7, 11) is 0. The van der Waals surface area contributed by atoms with E-state index in [9.17, 15) is 0 Å². The van der Waals surface area contributed by atoms with Crippen molar-refractivity contribution < 1.29 is 4.74 Å². The fourth-order valence-corrected chi connectivity index (χ4v) is 4.08. The minimum atomic E-state index is 0.283. The molecule has 3 atom stereocenters. The zero-order valence-electron chi connectivity index (χ0n) is 11.9. The normalized spacial score (nSPS) is 35.1. The van der Waals surface area contributed by atoms with Crippen LogP contribution in [0.5, 0.6) is 5.75 Å². The molecule has 0 radical (unpaired) electrons. The van der Waals surface area contributed by atoms with Gasteiger partial charge in [0, 0.05) is 5.41 Å². The van der Waals surface area contributed by atoms with Crippen LogP contribution in [0, 0.1) is 28.1 Å². The zero-order valence-corrected chi connectivity index (χ0v) is 11.9. The van der Waals surface area contributed by atoms with Gasteiger partial charge in [0.15, 0.2) is 0 Å². The van der Waals surface area contributed by atoms with E-state index < -0.39 is 0 Å². The summed E-state index contributed by atoms with van der Waals surface area (Å²) in [5.41, 5.74) is 1.35. The van der Waals surface area contributed by atoms with Gasteiger partial charge in [-0.3, -0.25) is 0 Å². The van der Waals surface area contributed by atoms with Crippen LogP contribution in [-0.2, 0) is 0 Å². The Balaban J connectivity index is 1.80. The van der Waals surface area contributed by atoms with Gasteiger partial charge in [-0.25, -0.2) is 0 Å². The van der Waals surface area contributed by atoms with E-state index in [2.05, 4.69) is 26.8 Å². The van der Waals surface area contributed by atoms with Crippen LogP contribution in [0.25, 0.3) is 0 Å². The lowest BCUT2D eigenvalue weighted by Gasteiger charge is -2.38. The molecule has 1 aromatic carbocycles. The molecule has 2 heteroatoms. The number of rotatable bonds is 2. The van der Waals surface area contributed by atoms with Crippen molar-refractivity contribution in [1.29, 1.82) is 5.26 Å². The van der Waals surface area contributed by atoms with Crippen molar-refractivity contribution in [1.82, 2.24) is 0 Å². The first-order valence-electron chi connectivity index (χ1n) is 7.14. The summed E-state index contributed by atoms with van der Waals surface area (Å²) in [6, 6.07) is 9.63. The zero-order chi connectivity index (χ0) is 13.7. The molecule has 0 aromatic heterocycles. The Morgan fingerprint density at radius 2 is 1.89 bits per heavy atom. The molecule has 2 saturated carbocycles. The molecular formula is C17H21NO. The second-order valence-electron chi connectivity index (χ2n) is 6.85. The van der Waals surface area contributed by atoms with Crippen LogP contribution in [0.3, 0.4) is 0 Å². The van der Waals surface area contributed by atoms with Gasteiger partial charge in [0.25, 0.3) is 0 Å². The highest BCUT2D eigenvalue weighted by atomic mass is 16.5. The van der Waals surface area contributed by atoms with E-state index in [-0.39, 0.29) is 5.41 Å². The summed E-state index contributed by atoms with van der Waals surface area (Å²) in [4.78, 5) is 0. The Morgan fingerprint density at radius 1 is 1.21 bits per heavy atom. The number of fused-ring (bicyclic) bond motifs is 2. The lowest BCUT2D eigenvalue weighted by molar-refractivity contribution is 0.0302. The van der Waals surface area contributed by atoms with Crippen molar-refractivity contribution in [3.8, 4) is 11.8 Å². The molecule has 0 N–H and O–H groups in total. The molecule has 0 amide bonds. The number of nitrogens with zero attached hydrogens (tertiary/aromatic N) is 1. The summed E-state index contributed by atoms with van der Waals surface area (Å²) < 4.78 is 6.24. The van der Waals surface area contributed by atoms with E-state index in [1.807, 2.05) is 24.3 Å². The SMILES string of the molecule is CC1(C)C2CCC1(C)C(Oc1ccc(C#N)cc1)C2. The Morgan fingerprint density at radius 3 is 2.37 bits per heavy atom. The van der Waals surface area contributed by atoms with Gasteiger partial charge >= 0.3 is 0 Å². The molecular weight excluding hydrogens is 234 g/mol. The molecule has 19 heavy (non-hydrogen) atoms. The van der Waals surface area contributed by atoms with Gasteiger partial charge in [-0.05, 0) is 54.9 Å². The van der Waals surface area contributed by atoms with Crippen LogP contribution in [0.15, 0.2) is 24.3 Å². The third-order valence-corrected chi connectivity index (χ3v) is 5.98. The van der Waals surface area contributed by atoms with Crippen LogP contribution in [-0.4, -0.2) is 6.10 Å². The van der Waals surface area contributed by atoms with E-state index in [1.54, 1.807) is 0 Å². The minimum absolute atomic E-state index is 0.283. The van der Waals surface area contributed by atoms with Crippen LogP contribution in [0.4, 0.5) is 0 Å². The molecule has 0 saturated heterocycles. The maximum atomic E-state index is 8.82. The molecule has 100 valence electrons. The quantitative estimate of drug-likeness (QED) is 0.795. The highest BCUT2D eigenvalue weighted by Crippen LogP contribution is 2.66. The maximum absolute atomic E-state index is 8.82. The minimum Gasteiger partial charge on any atom is -0.490 e.